The van der Waals surface area contributed by atoms with Crippen LogP contribution >= 0.6 is 0 Å². The fraction of sp³-hybridized carbons (Fsp3) is 0.192. The fourth-order valence-corrected chi connectivity index (χ4v) is 4.62. The van der Waals surface area contributed by atoms with Crippen LogP contribution in [0.3, 0.4) is 0 Å². The molecule has 0 amide bonds. The van der Waals surface area contributed by atoms with E-state index < -0.39 is 0 Å². The highest BCUT2D eigenvalue weighted by molar-refractivity contribution is 5.99. The van der Waals surface area contributed by atoms with Gasteiger partial charge in [-0.05, 0) is 46.0 Å². The molecule has 1 nitrogen and oxygen atoms in total. The van der Waals surface area contributed by atoms with Crippen molar-refractivity contribution in [1.29, 1.82) is 0 Å². The van der Waals surface area contributed by atoms with E-state index in [1.807, 2.05) is 0 Å². The molecule has 1 heteroatoms. The molecule has 0 saturated heterocycles. The Hall–Kier alpha value is -2.93. The van der Waals surface area contributed by atoms with Crippen molar-refractivity contribution in [3.63, 3.8) is 0 Å². The van der Waals surface area contributed by atoms with Crippen molar-refractivity contribution in [3.8, 4) is 11.3 Å². The fourth-order valence-electron chi connectivity index (χ4n) is 4.62. The highest BCUT2D eigenvalue weighted by Crippen LogP contribution is 2.37. The molecule has 0 fully saturated rings. The van der Waals surface area contributed by atoms with Gasteiger partial charge in [-0.3, -0.25) is 0 Å². The van der Waals surface area contributed by atoms with Crippen LogP contribution in [0.4, 0.5) is 0 Å². The number of nitrogens with zero attached hydrogens (tertiary/aromatic N) is 1. The summed E-state index contributed by atoms with van der Waals surface area (Å²) in [5, 5.41) is 5.22. The number of hydrogen-bond acceptors (Lipinski definition) is 0. The molecule has 132 valence electrons. The summed E-state index contributed by atoms with van der Waals surface area (Å²) in [6.07, 6.45) is 9.20. The largest absolute Gasteiger partial charge is 0.221 e. The first kappa shape index (κ1) is 16.3. The average molecular weight is 350 g/mol. The predicted octanol–water partition coefficient (Wildman–Crippen LogP) is 6.49. The van der Waals surface area contributed by atoms with Gasteiger partial charge in [0, 0.05) is 18.9 Å². The summed E-state index contributed by atoms with van der Waals surface area (Å²) < 4.78 is 2.52. The zero-order chi connectivity index (χ0) is 18.4. The molecule has 5 rings (SSSR count). The third-order valence-electron chi connectivity index (χ3n) is 6.31. The molecule has 0 radical (unpaired) electrons. The number of rotatable bonds is 2. The first-order valence-electron chi connectivity index (χ1n) is 9.92. The number of pyridine rings is 1. The van der Waals surface area contributed by atoms with E-state index in [1.54, 1.807) is 0 Å². The van der Waals surface area contributed by atoms with Crippen molar-refractivity contribution in [1.82, 2.24) is 0 Å². The average Bonchev–Trinajstić information content (AvgIpc) is 2.87. The monoisotopic (exact) mass is 350 g/mol. The molecule has 0 bridgehead atoms. The molecule has 0 atom stereocenters. The standard InChI is InChI=1S/C26H24N/c1-3-26(4-2)15-13-22-17-20-10-5-6-11-21(20)18-24(22)25-23-12-8-7-9-19(23)14-16-27(25)26/h5-18H,3-4H2,1-2H3/q+1. The van der Waals surface area contributed by atoms with Crippen LogP contribution in [0.15, 0.2) is 79.0 Å². The van der Waals surface area contributed by atoms with Gasteiger partial charge >= 0.3 is 0 Å². The Morgan fingerprint density at radius 3 is 2.19 bits per heavy atom. The van der Waals surface area contributed by atoms with Crippen LogP contribution in [-0.4, -0.2) is 0 Å². The molecule has 1 aliphatic rings. The SMILES string of the molecule is CCC1(CC)C=Cc2cc3ccccc3cc2-c2c3ccccc3cc[n+]21. The third-order valence-corrected chi connectivity index (χ3v) is 6.31. The van der Waals surface area contributed by atoms with E-state index in [4.69, 9.17) is 0 Å². The molecule has 27 heavy (non-hydrogen) atoms. The molecule has 3 aromatic carbocycles. The zero-order valence-corrected chi connectivity index (χ0v) is 15.9. The van der Waals surface area contributed by atoms with E-state index in [0.29, 0.717) is 0 Å². The van der Waals surface area contributed by atoms with Crippen molar-refractivity contribution in [2.45, 2.75) is 32.2 Å². The van der Waals surface area contributed by atoms with Crippen LogP contribution in [0.5, 0.6) is 0 Å². The summed E-state index contributed by atoms with van der Waals surface area (Å²) in [7, 11) is 0. The maximum absolute atomic E-state index is 2.52. The van der Waals surface area contributed by atoms with Gasteiger partial charge in [0.15, 0.2) is 11.7 Å². The van der Waals surface area contributed by atoms with Crippen LogP contribution in [0.2, 0.25) is 0 Å². The topological polar surface area (TPSA) is 3.88 Å². The first-order valence-corrected chi connectivity index (χ1v) is 9.92. The molecule has 0 spiro atoms. The van der Waals surface area contributed by atoms with Crippen LogP contribution in [0.1, 0.15) is 32.3 Å². The van der Waals surface area contributed by atoms with E-state index in [1.165, 1.54) is 38.4 Å². The van der Waals surface area contributed by atoms with Crippen molar-refractivity contribution in [3.05, 3.63) is 84.6 Å². The predicted molar refractivity (Wildman–Crippen MR) is 115 cm³/mol. The third kappa shape index (κ3) is 2.35. The van der Waals surface area contributed by atoms with E-state index >= 15 is 0 Å². The van der Waals surface area contributed by atoms with Gasteiger partial charge in [0.2, 0.25) is 5.69 Å². The molecular formula is C26H24N+. The minimum absolute atomic E-state index is 0.00453. The van der Waals surface area contributed by atoms with Gasteiger partial charge in [-0.2, -0.15) is 4.57 Å². The molecule has 0 saturated carbocycles. The van der Waals surface area contributed by atoms with Crippen molar-refractivity contribution >= 4 is 27.6 Å². The Morgan fingerprint density at radius 2 is 1.44 bits per heavy atom. The lowest BCUT2D eigenvalue weighted by Gasteiger charge is -2.24. The van der Waals surface area contributed by atoms with E-state index in [9.17, 15) is 0 Å². The Bertz CT molecular complexity index is 1200. The van der Waals surface area contributed by atoms with E-state index in [0.717, 1.165) is 12.8 Å². The Kier molecular flexibility index (Phi) is 3.65. The maximum Gasteiger partial charge on any atom is 0.221 e. The lowest BCUT2D eigenvalue weighted by molar-refractivity contribution is -0.742. The summed E-state index contributed by atoms with van der Waals surface area (Å²) >= 11 is 0. The summed E-state index contributed by atoms with van der Waals surface area (Å²) in [5.41, 5.74) is 3.97. The molecule has 0 N–H and O–H groups in total. The van der Waals surface area contributed by atoms with Crippen molar-refractivity contribution in [2.75, 3.05) is 0 Å². The minimum atomic E-state index is 0.00453. The molecule has 1 aromatic heterocycles. The smallest absolute Gasteiger partial charge is 0.189 e. The second kappa shape index (κ2) is 6.06. The number of aromatic nitrogens is 1. The van der Waals surface area contributed by atoms with Crippen molar-refractivity contribution < 1.29 is 4.57 Å². The quantitative estimate of drug-likeness (QED) is 0.364. The lowest BCUT2D eigenvalue weighted by Crippen LogP contribution is -2.55. The summed E-state index contributed by atoms with van der Waals surface area (Å²) in [5.74, 6) is 0. The van der Waals surface area contributed by atoms with Crippen molar-refractivity contribution in [2.24, 2.45) is 0 Å². The highest BCUT2D eigenvalue weighted by atomic mass is 15.1. The number of hydrogen-bond donors (Lipinski definition) is 0. The molecule has 0 unspecified atom stereocenters. The molecular weight excluding hydrogens is 326 g/mol. The van der Waals surface area contributed by atoms with Gasteiger partial charge in [-0.15, -0.1) is 0 Å². The number of fused-ring (bicyclic) bond motifs is 6. The van der Waals surface area contributed by atoms with Crippen LogP contribution in [-0.2, 0) is 5.54 Å². The Morgan fingerprint density at radius 1 is 0.778 bits per heavy atom. The van der Waals surface area contributed by atoms with Gasteiger partial charge in [-0.1, -0.05) is 62.4 Å². The van der Waals surface area contributed by atoms with Crippen LogP contribution in [0, 0.1) is 0 Å². The molecule has 0 aliphatic carbocycles. The van der Waals surface area contributed by atoms with Crippen LogP contribution < -0.4 is 4.57 Å². The normalized spacial score (nSPS) is 14.7. The highest BCUT2D eigenvalue weighted by Gasteiger charge is 2.39. The van der Waals surface area contributed by atoms with Gasteiger partial charge in [0.1, 0.15) is 0 Å². The summed E-state index contributed by atoms with van der Waals surface area (Å²) in [4.78, 5) is 0. The zero-order valence-electron chi connectivity index (χ0n) is 15.9. The van der Waals surface area contributed by atoms with Gasteiger partial charge in [-0.25, -0.2) is 0 Å². The van der Waals surface area contributed by atoms with Gasteiger partial charge in [0.05, 0.1) is 10.9 Å². The summed E-state index contributed by atoms with van der Waals surface area (Å²) in [6.45, 7) is 4.60. The summed E-state index contributed by atoms with van der Waals surface area (Å²) in [6, 6.07) is 24.4. The second-order valence-electron chi connectivity index (χ2n) is 7.55. The van der Waals surface area contributed by atoms with E-state index in [2.05, 4.69) is 103 Å². The molecule has 4 aromatic rings. The second-order valence-corrected chi connectivity index (χ2v) is 7.55. The molecule has 2 heterocycles. The number of benzene rings is 3. The Balaban J connectivity index is 1.97. The molecule has 1 aliphatic heterocycles. The maximum atomic E-state index is 2.52. The van der Waals surface area contributed by atoms with Gasteiger partial charge < -0.3 is 0 Å². The van der Waals surface area contributed by atoms with E-state index in [-0.39, 0.29) is 5.54 Å². The first-order chi connectivity index (χ1) is 13.3. The van der Waals surface area contributed by atoms with Gasteiger partial charge in [0.25, 0.3) is 0 Å². The minimum Gasteiger partial charge on any atom is -0.189 e. The van der Waals surface area contributed by atoms with Crippen LogP contribution in [0.25, 0.3) is 38.9 Å². The number of allylic oxidation sites excluding steroid dienone is 1. The lowest BCUT2D eigenvalue weighted by atomic mass is 9.91. The Labute approximate surface area is 160 Å².